The van der Waals surface area contributed by atoms with Crippen LogP contribution >= 0.6 is 0 Å². The van der Waals surface area contributed by atoms with E-state index in [2.05, 4.69) is 23.5 Å². The molecule has 0 bridgehead atoms. The normalized spacial score (nSPS) is 11.4. The van der Waals surface area contributed by atoms with Crippen LogP contribution in [0.4, 0.5) is 5.69 Å². The van der Waals surface area contributed by atoms with E-state index in [1.807, 2.05) is 55.5 Å². The van der Waals surface area contributed by atoms with Gasteiger partial charge in [-0.1, -0.05) is 90.5 Å². The maximum atomic E-state index is 14.2. The lowest BCUT2D eigenvalue weighted by Crippen LogP contribution is -2.31. The van der Waals surface area contributed by atoms with Gasteiger partial charge in [-0.2, -0.15) is 0 Å². The number of rotatable bonds is 10. The molecular formula is C38H36N2O4S. The topological polar surface area (TPSA) is 86.7 Å². The first-order valence-corrected chi connectivity index (χ1v) is 16.1. The first kappa shape index (κ1) is 31.3. The first-order valence-electron chi connectivity index (χ1n) is 14.7. The minimum atomic E-state index is -3.97. The zero-order valence-electron chi connectivity index (χ0n) is 25.6. The Morgan fingerprint density at radius 3 is 2.09 bits per heavy atom. The van der Waals surface area contributed by atoms with Crippen molar-refractivity contribution in [2.75, 3.05) is 4.31 Å². The molecule has 5 rings (SSSR count). The maximum absolute atomic E-state index is 14.2. The summed E-state index contributed by atoms with van der Waals surface area (Å²) in [5.41, 5.74) is 7.40. The highest BCUT2D eigenvalue weighted by molar-refractivity contribution is 7.92. The molecule has 0 fully saturated rings. The molecule has 1 amide bonds. The first-order chi connectivity index (χ1) is 21.6. The number of nitrogens with one attached hydrogen (secondary N) is 1. The fourth-order valence-corrected chi connectivity index (χ4v) is 7.35. The van der Waals surface area contributed by atoms with Gasteiger partial charge in [-0.05, 0) is 96.1 Å². The molecule has 0 saturated heterocycles. The monoisotopic (exact) mass is 616 g/mol. The van der Waals surface area contributed by atoms with Crippen molar-refractivity contribution >= 4 is 27.7 Å². The molecule has 0 spiro atoms. The van der Waals surface area contributed by atoms with E-state index in [-0.39, 0.29) is 23.1 Å². The van der Waals surface area contributed by atoms with E-state index in [4.69, 9.17) is 0 Å². The molecule has 5 aromatic carbocycles. The zero-order valence-corrected chi connectivity index (χ0v) is 26.4. The van der Waals surface area contributed by atoms with E-state index in [0.29, 0.717) is 28.9 Å². The lowest BCUT2D eigenvalue weighted by molar-refractivity contribution is -0.116. The molecule has 0 aliphatic carbocycles. The number of carbonyl (C=O) groups excluding carboxylic acids is 1. The van der Waals surface area contributed by atoms with E-state index in [1.165, 1.54) is 10.4 Å². The third-order valence-electron chi connectivity index (χ3n) is 7.50. The lowest BCUT2D eigenvalue weighted by atomic mass is 10.0. The van der Waals surface area contributed by atoms with Crippen molar-refractivity contribution in [2.24, 2.45) is 0 Å². The average molecular weight is 617 g/mol. The second kappa shape index (κ2) is 13.7. The van der Waals surface area contributed by atoms with E-state index in [1.54, 1.807) is 68.5 Å². The van der Waals surface area contributed by atoms with Crippen molar-refractivity contribution in [3.05, 3.63) is 155 Å². The van der Waals surface area contributed by atoms with Crippen LogP contribution in [0.25, 0.3) is 17.2 Å². The quantitative estimate of drug-likeness (QED) is 0.157. The third-order valence-corrected chi connectivity index (χ3v) is 9.58. The molecule has 45 heavy (non-hydrogen) atoms. The molecule has 0 saturated carbocycles. The van der Waals surface area contributed by atoms with Gasteiger partial charge in [0, 0.05) is 12.6 Å². The van der Waals surface area contributed by atoms with Crippen molar-refractivity contribution in [1.29, 1.82) is 0 Å². The fraction of sp³-hybridized carbons (Fsp3) is 0.132. The zero-order chi connectivity index (χ0) is 32.0. The van der Waals surface area contributed by atoms with Crippen molar-refractivity contribution in [3.63, 3.8) is 0 Å². The second-order valence-corrected chi connectivity index (χ2v) is 12.9. The summed E-state index contributed by atoms with van der Waals surface area (Å²) in [6.45, 7) is 5.97. The van der Waals surface area contributed by atoms with E-state index < -0.39 is 10.0 Å². The van der Waals surface area contributed by atoms with Gasteiger partial charge in [0.15, 0.2) is 0 Å². The summed E-state index contributed by atoms with van der Waals surface area (Å²) in [4.78, 5) is 12.9. The number of hydrogen-bond donors (Lipinski definition) is 2. The summed E-state index contributed by atoms with van der Waals surface area (Å²) in [5, 5.41) is 13.0. The van der Waals surface area contributed by atoms with Gasteiger partial charge in [-0.3, -0.25) is 9.10 Å². The van der Waals surface area contributed by atoms with Crippen molar-refractivity contribution in [3.8, 4) is 16.9 Å². The Hall–Kier alpha value is -5.14. The van der Waals surface area contributed by atoms with E-state index in [0.717, 1.165) is 27.8 Å². The molecule has 2 N–H and O–H groups in total. The Morgan fingerprint density at radius 1 is 0.756 bits per heavy atom. The van der Waals surface area contributed by atoms with E-state index in [9.17, 15) is 18.3 Å². The lowest BCUT2D eigenvalue weighted by Gasteiger charge is -2.27. The molecule has 0 aliphatic heterocycles. The summed E-state index contributed by atoms with van der Waals surface area (Å²) in [7, 11) is -3.97. The predicted octanol–water partition coefficient (Wildman–Crippen LogP) is 7.71. The van der Waals surface area contributed by atoms with Crippen LogP contribution in [0.2, 0.25) is 0 Å². The smallest absolute Gasteiger partial charge is 0.265 e. The number of hydrogen-bond acceptors (Lipinski definition) is 4. The number of benzene rings is 5. The standard InChI is InChI=1S/C38H36N2O4S/c1-27-21-28(2)38(29(3)22-27)45(43,44)40(26-32-10-8-14-36(41)24-32)35-18-15-30(16-19-35)17-20-37(42)39-25-31-9-7-13-34(23-31)33-11-5-4-6-12-33/h4-24,41H,25-26H2,1-3H3,(H,39,42). The number of aryl methyl sites for hydroxylation is 3. The van der Waals surface area contributed by atoms with Crippen molar-refractivity contribution in [2.45, 2.75) is 38.8 Å². The van der Waals surface area contributed by atoms with Crippen LogP contribution in [0.15, 0.2) is 126 Å². The van der Waals surface area contributed by atoms with Gasteiger partial charge in [-0.25, -0.2) is 8.42 Å². The summed E-state index contributed by atoms with van der Waals surface area (Å²) >= 11 is 0. The molecule has 0 aromatic heterocycles. The number of amides is 1. The molecule has 0 radical (unpaired) electrons. The van der Waals surface area contributed by atoms with Gasteiger partial charge >= 0.3 is 0 Å². The third kappa shape index (κ3) is 7.69. The molecule has 0 atom stereocenters. The molecule has 0 unspecified atom stereocenters. The Labute approximate surface area is 265 Å². The highest BCUT2D eigenvalue weighted by atomic mass is 32.2. The number of aromatic hydroxyl groups is 1. The summed E-state index contributed by atoms with van der Waals surface area (Å²) in [6.07, 6.45) is 3.16. The van der Waals surface area contributed by atoms with Crippen LogP contribution in [0.5, 0.6) is 5.75 Å². The minimum Gasteiger partial charge on any atom is -0.508 e. The molecule has 228 valence electrons. The van der Waals surface area contributed by atoms with Crippen LogP contribution in [0.3, 0.4) is 0 Å². The number of phenolic OH excluding ortho intramolecular Hbond substituents is 1. The van der Waals surface area contributed by atoms with Crippen molar-refractivity contribution < 1.29 is 18.3 Å². The molecule has 6 nitrogen and oxygen atoms in total. The summed E-state index contributed by atoms with van der Waals surface area (Å²) in [6, 6.07) is 35.5. The average Bonchev–Trinajstić information content (AvgIpc) is 3.02. The predicted molar refractivity (Wildman–Crippen MR) is 181 cm³/mol. The largest absolute Gasteiger partial charge is 0.508 e. The minimum absolute atomic E-state index is 0.0343. The van der Waals surface area contributed by atoms with Crippen molar-refractivity contribution in [1.82, 2.24) is 5.32 Å². The van der Waals surface area contributed by atoms with Gasteiger partial charge in [-0.15, -0.1) is 0 Å². The molecule has 5 aromatic rings. The second-order valence-electron chi connectivity index (χ2n) is 11.1. The Kier molecular flexibility index (Phi) is 9.50. The molecule has 0 aliphatic rings. The van der Waals surface area contributed by atoms with Gasteiger partial charge in [0.05, 0.1) is 17.1 Å². The van der Waals surface area contributed by atoms with Gasteiger partial charge < -0.3 is 10.4 Å². The van der Waals surface area contributed by atoms with Gasteiger partial charge in [0.2, 0.25) is 5.91 Å². The summed E-state index contributed by atoms with van der Waals surface area (Å²) in [5.74, 6) is -0.169. The molecule has 7 heteroatoms. The van der Waals surface area contributed by atoms with E-state index >= 15 is 0 Å². The number of anilines is 1. The SMILES string of the molecule is Cc1cc(C)c(S(=O)(=O)N(Cc2cccc(O)c2)c2ccc(C=CC(=O)NCc3cccc(-c4ccccc4)c3)cc2)c(C)c1. The Morgan fingerprint density at radius 2 is 1.40 bits per heavy atom. The molecule has 0 heterocycles. The highest BCUT2D eigenvalue weighted by Crippen LogP contribution is 2.31. The van der Waals surface area contributed by atoms with Gasteiger partial charge in [0.1, 0.15) is 5.75 Å². The Bertz CT molecular complexity index is 1930. The number of carbonyl (C=O) groups is 1. The molecular weight excluding hydrogens is 580 g/mol. The maximum Gasteiger partial charge on any atom is 0.265 e. The summed E-state index contributed by atoms with van der Waals surface area (Å²) < 4.78 is 29.7. The van der Waals surface area contributed by atoms with Crippen LogP contribution in [0.1, 0.15) is 33.4 Å². The number of nitrogens with zero attached hydrogens (tertiary/aromatic N) is 1. The van der Waals surface area contributed by atoms with Crippen LogP contribution in [-0.4, -0.2) is 19.4 Å². The number of phenols is 1. The van der Waals surface area contributed by atoms with Crippen LogP contribution in [-0.2, 0) is 27.9 Å². The number of sulfonamides is 1. The fourth-order valence-electron chi connectivity index (χ4n) is 5.48. The van der Waals surface area contributed by atoms with Gasteiger partial charge in [0.25, 0.3) is 10.0 Å². The Balaban J connectivity index is 1.33. The highest BCUT2D eigenvalue weighted by Gasteiger charge is 2.28. The van der Waals surface area contributed by atoms with Crippen LogP contribution in [0, 0.1) is 20.8 Å². The van der Waals surface area contributed by atoms with Crippen LogP contribution < -0.4 is 9.62 Å².